The Morgan fingerprint density at radius 2 is 1.87 bits per heavy atom. The SMILES string of the molecule is CC1=C(C#N)[C@H](c2ccccc2C(F)(F)F)C(C(=O)O)=C(C)N1. The van der Waals surface area contributed by atoms with Gasteiger partial charge >= 0.3 is 12.1 Å². The topological polar surface area (TPSA) is 73.1 Å². The lowest BCUT2D eigenvalue weighted by atomic mass is 9.79. The van der Waals surface area contributed by atoms with Crippen molar-refractivity contribution in [1.29, 1.82) is 5.26 Å². The van der Waals surface area contributed by atoms with E-state index in [4.69, 9.17) is 0 Å². The molecule has 1 aliphatic heterocycles. The molecule has 2 rings (SSSR count). The maximum atomic E-state index is 13.3. The molecule has 7 heteroatoms. The molecule has 0 spiro atoms. The maximum absolute atomic E-state index is 13.3. The van der Waals surface area contributed by atoms with Crippen LogP contribution in [0, 0.1) is 11.3 Å². The molecule has 120 valence electrons. The van der Waals surface area contributed by atoms with Crippen molar-refractivity contribution in [3.05, 3.63) is 57.9 Å². The molecule has 0 bridgehead atoms. The normalized spacial score (nSPS) is 18.5. The summed E-state index contributed by atoms with van der Waals surface area (Å²) in [5.41, 5.74) is -0.922. The number of dihydropyridines is 1. The van der Waals surface area contributed by atoms with Gasteiger partial charge in [0.2, 0.25) is 0 Å². The summed E-state index contributed by atoms with van der Waals surface area (Å²) in [5, 5.41) is 21.5. The van der Waals surface area contributed by atoms with Gasteiger partial charge in [-0.3, -0.25) is 0 Å². The van der Waals surface area contributed by atoms with Crippen molar-refractivity contribution in [2.75, 3.05) is 0 Å². The number of carbonyl (C=O) groups is 1. The number of nitrogens with one attached hydrogen (secondary N) is 1. The summed E-state index contributed by atoms with van der Waals surface area (Å²) >= 11 is 0. The van der Waals surface area contributed by atoms with Gasteiger partial charge in [-0.25, -0.2) is 4.79 Å². The largest absolute Gasteiger partial charge is 0.478 e. The second kappa shape index (κ2) is 5.80. The molecule has 0 aromatic heterocycles. The summed E-state index contributed by atoms with van der Waals surface area (Å²) in [6.07, 6.45) is -4.65. The average molecular weight is 322 g/mol. The predicted octanol–water partition coefficient (Wildman–Crippen LogP) is 3.55. The van der Waals surface area contributed by atoms with E-state index in [1.807, 2.05) is 6.07 Å². The Morgan fingerprint density at radius 3 is 2.39 bits per heavy atom. The van der Waals surface area contributed by atoms with Crippen molar-refractivity contribution in [3.63, 3.8) is 0 Å². The third-order valence-electron chi connectivity index (χ3n) is 3.69. The molecule has 1 aliphatic rings. The number of halogens is 3. The first kappa shape index (κ1) is 16.6. The van der Waals surface area contributed by atoms with Gasteiger partial charge in [0.05, 0.1) is 28.7 Å². The highest BCUT2D eigenvalue weighted by Gasteiger charge is 2.40. The first-order valence-corrected chi connectivity index (χ1v) is 6.66. The zero-order valence-electron chi connectivity index (χ0n) is 12.3. The summed E-state index contributed by atoms with van der Waals surface area (Å²) < 4.78 is 39.8. The molecule has 2 N–H and O–H groups in total. The van der Waals surface area contributed by atoms with E-state index in [0.29, 0.717) is 5.70 Å². The molecule has 0 saturated heterocycles. The van der Waals surface area contributed by atoms with Gasteiger partial charge in [0.15, 0.2) is 0 Å². The van der Waals surface area contributed by atoms with Crippen LogP contribution in [0.15, 0.2) is 46.8 Å². The maximum Gasteiger partial charge on any atom is 0.416 e. The fraction of sp³-hybridized carbons (Fsp3) is 0.250. The summed E-state index contributed by atoms with van der Waals surface area (Å²) in [6.45, 7) is 2.99. The van der Waals surface area contributed by atoms with Gasteiger partial charge in [-0.1, -0.05) is 18.2 Å². The highest BCUT2D eigenvalue weighted by atomic mass is 19.4. The van der Waals surface area contributed by atoms with Crippen molar-refractivity contribution in [3.8, 4) is 6.07 Å². The first-order chi connectivity index (χ1) is 10.7. The predicted molar refractivity (Wildman–Crippen MR) is 76.0 cm³/mol. The summed E-state index contributed by atoms with van der Waals surface area (Å²) in [5.74, 6) is -2.63. The Hall–Kier alpha value is -2.75. The summed E-state index contributed by atoms with van der Waals surface area (Å²) in [6, 6.07) is 6.56. The van der Waals surface area contributed by atoms with Crippen LogP contribution in [-0.4, -0.2) is 11.1 Å². The molecule has 0 unspecified atom stereocenters. The van der Waals surface area contributed by atoms with Crippen molar-refractivity contribution >= 4 is 5.97 Å². The minimum Gasteiger partial charge on any atom is -0.478 e. The van der Waals surface area contributed by atoms with Gasteiger partial charge in [0, 0.05) is 11.4 Å². The molecule has 0 amide bonds. The van der Waals surface area contributed by atoms with E-state index in [2.05, 4.69) is 5.32 Å². The molecule has 23 heavy (non-hydrogen) atoms. The van der Waals surface area contributed by atoms with Crippen molar-refractivity contribution < 1.29 is 23.1 Å². The average Bonchev–Trinajstić information content (AvgIpc) is 2.45. The quantitative estimate of drug-likeness (QED) is 0.873. The van der Waals surface area contributed by atoms with E-state index in [9.17, 15) is 28.3 Å². The van der Waals surface area contributed by atoms with Crippen LogP contribution in [-0.2, 0) is 11.0 Å². The van der Waals surface area contributed by atoms with Crippen LogP contribution < -0.4 is 5.32 Å². The fourth-order valence-electron chi connectivity index (χ4n) is 2.74. The number of nitriles is 1. The minimum absolute atomic E-state index is 0.0373. The number of hydrogen-bond donors (Lipinski definition) is 2. The molecule has 1 heterocycles. The molecule has 1 aromatic carbocycles. The number of alkyl halides is 3. The van der Waals surface area contributed by atoms with Gasteiger partial charge in [-0.05, 0) is 25.5 Å². The zero-order chi connectivity index (χ0) is 17.4. The number of nitrogens with zero attached hydrogens (tertiary/aromatic N) is 1. The van der Waals surface area contributed by atoms with Crippen LogP contribution in [0.3, 0.4) is 0 Å². The van der Waals surface area contributed by atoms with Gasteiger partial charge in [-0.2, -0.15) is 18.4 Å². The van der Waals surface area contributed by atoms with Gasteiger partial charge in [-0.15, -0.1) is 0 Å². The van der Waals surface area contributed by atoms with Crippen molar-refractivity contribution in [2.24, 2.45) is 0 Å². The number of allylic oxidation sites excluding steroid dienone is 3. The van der Waals surface area contributed by atoms with E-state index in [-0.39, 0.29) is 22.4 Å². The van der Waals surface area contributed by atoms with Crippen LogP contribution in [0.1, 0.15) is 30.9 Å². The Kier molecular flexibility index (Phi) is 4.19. The van der Waals surface area contributed by atoms with Crippen LogP contribution in [0.5, 0.6) is 0 Å². The molecule has 0 saturated carbocycles. The van der Waals surface area contributed by atoms with Gasteiger partial charge < -0.3 is 10.4 Å². The molecular formula is C16H13F3N2O2. The molecule has 0 fully saturated rings. The summed E-state index contributed by atoms with van der Waals surface area (Å²) in [4.78, 5) is 11.6. The molecule has 4 nitrogen and oxygen atoms in total. The smallest absolute Gasteiger partial charge is 0.416 e. The van der Waals surface area contributed by atoms with Gasteiger partial charge in [0.25, 0.3) is 0 Å². The van der Waals surface area contributed by atoms with E-state index in [1.54, 1.807) is 0 Å². The van der Waals surface area contributed by atoms with E-state index in [1.165, 1.54) is 32.0 Å². The molecule has 0 radical (unpaired) electrons. The minimum atomic E-state index is -4.65. The van der Waals surface area contributed by atoms with E-state index in [0.717, 1.165) is 6.07 Å². The highest BCUT2D eigenvalue weighted by molar-refractivity contribution is 5.91. The lowest BCUT2D eigenvalue weighted by Gasteiger charge is -2.29. The molecule has 0 aliphatic carbocycles. The Bertz CT molecular complexity index is 770. The van der Waals surface area contributed by atoms with Crippen LogP contribution >= 0.6 is 0 Å². The van der Waals surface area contributed by atoms with E-state index >= 15 is 0 Å². The van der Waals surface area contributed by atoms with Crippen molar-refractivity contribution in [2.45, 2.75) is 25.9 Å². The molecule has 1 atom stereocenters. The number of aliphatic carboxylic acids is 1. The fourth-order valence-corrected chi connectivity index (χ4v) is 2.74. The number of hydrogen-bond acceptors (Lipinski definition) is 3. The molecule has 1 aromatic rings. The third-order valence-corrected chi connectivity index (χ3v) is 3.69. The second-order valence-electron chi connectivity index (χ2n) is 5.14. The van der Waals surface area contributed by atoms with E-state index < -0.39 is 23.6 Å². The highest BCUT2D eigenvalue weighted by Crippen LogP contribution is 2.43. The molecular weight excluding hydrogens is 309 g/mol. The Labute approximate surface area is 130 Å². The Morgan fingerprint density at radius 1 is 1.26 bits per heavy atom. The lowest BCUT2D eigenvalue weighted by molar-refractivity contribution is -0.139. The monoisotopic (exact) mass is 322 g/mol. The van der Waals surface area contributed by atoms with Crippen LogP contribution in [0.4, 0.5) is 13.2 Å². The number of benzene rings is 1. The third kappa shape index (κ3) is 2.93. The standard InChI is InChI=1S/C16H13F3N2O2/c1-8-11(7-20)14(13(15(22)23)9(2)21-8)10-5-3-4-6-12(10)16(17,18)19/h3-6,14,21H,1-2H3,(H,22,23)/t14-/m0/s1. The lowest BCUT2D eigenvalue weighted by Crippen LogP contribution is -2.28. The zero-order valence-corrected chi connectivity index (χ0v) is 12.3. The first-order valence-electron chi connectivity index (χ1n) is 6.66. The number of carboxylic acid groups (broad SMARTS) is 1. The Balaban J connectivity index is 2.79. The van der Waals surface area contributed by atoms with Crippen LogP contribution in [0.2, 0.25) is 0 Å². The second-order valence-corrected chi connectivity index (χ2v) is 5.14. The van der Waals surface area contributed by atoms with Gasteiger partial charge in [0.1, 0.15) is 0 Å². The van der Waals surface area contributed by atoms with Crippen molar-refractivity contribution in [1.82, 2.24) is 5.32 Å². The number of carboxylic acids is 1. The summed E-state index contributed by atoms with van der Waals surface area (Å²) in [7, 11) is 0. The number of rotatable bonds is 2. The van der Waals surface area contributed by atoms with Crippen LogP contribution in [0.25, 0.3) is 0 Å².